The first-order valence-electron chi connectivity index (χ1n) is 21.6. The minimum atomic E-state index is -0.710. The Kier molecular flexibility index (Phi) is 18.3. The summed E-state index contributed by atoms with van der Waals surface area (Å²) >= 11 is 0. The van der Waals surface area contributed by atoms with Crippen molar-refractivity contribution in [2.45, 2.75) is 149 Å². The van der Waals surface area contributed by atoms with Gasteiger partial charge in [-0.15, -0.1) is 0 Å². The monoisotopic (exact) mass is 818 g/mol. The van der Waals surface area contributed by atoms with Gasteiger partial charge in [0, 0.05) is 55.8 Å². The maximum absolute atomic E-state index is 14.2. The largest absolute Gasteiger partial charge is 0.462 e. The molecule has 0 spiro atoms. The summed E-state index contributed by atoms with van der Waals surface area (Å²) in [4.78, 5) is 43.4. The third kappa shape index (κ3) is 11.7. The van der Waals surface area contributed by atoms with E-state index < -0.39 is 66.6 Å². The summed E-state index contributed by atoms with van der Waals surface area (Å²) in [5.74, 6) is -2.25. The fourth-order valence-electron chi connectivity index (χ4n) is 9.80. The zero-order valence-corrected chi connectivity index (χ0v) is 37.6. The highest BCUT2D eigenvalue weighted by Gasteiger charge is 2.48. The molecule has 4 aliphatic heterocycles. The molecule has 0 radical (unpaired) electrons. The van der Waals surface area contributed by atoms with Gasteiger partial charge >= 0.3 is 5.97 Å². The van der Waals surface area contributed by atoms with Gasteiger partial charge in [-0.3, -0.25) is 9.59 Å². The molecule has 0 aromatic carbocycles. The van der Waals surface area contributed by atoms with Gasteiger partial charge in [0.1, 0.15) is 18.5 Å². The Morgan fingerprint density at radius 3 is 2.14 bits per heavy atom. The second kappa shape index (κ2) is 22.0. The highest BCUT2D eigenvalue weighted by Crippen LogP contribution is 2.41. The summed E-state index contributed by atoms with van der Waals surface area (Å²) in [7, 11) is 7.43. The van der Waals surface area contributed by atoms with Crippen molar-refractivity contribution in [2.24, 2.45) is 47.3 Å². The minimum absolute atomic E-state index is 0.0140. The molecule has 2 bridgehead atoms. The first-order valence-corrected chi connectivity index (χ1v) is 21.6. The highest BCUT2D eigenvalue weighted by atomic mass is 16.7. The fraction of sp³-hybridized carbons (Fsp3) is 0.804. The molecule has 18 atom stereocenters. The molecule has 58 heavy (non-hydrogen) atoms. The van der Waals surface area contributed by atoms with Crippen LogP contribution in [0.2, 0.25) is 0 Å². The number of allylic oxidation sites excluding steroid dienone is 3. The summed E-state index contributed by atoms with van der Waals surface area (Å²) in [5.41, 5.74) is 1.56. The van der Waals surface area contributed by atoms with E-state index in [4.69, 9.17) is 37.9 Å². The van der Waals surface area contributed by atoms with Gasteiger partial charge in [0.15, 0.2) is 18.4 Å². The number of ether oxygens (including phenoxy) is 8. The van der Waals surface area contributed by atoms with E-state index in [2.05, 4.69) is 53.3 Å². The SMILES string of the molecule is C=C1CO[C@@H]2CC(=O)O[C@H](CC)[C@@H](CO[C@@H]3O[C@H](C)[C@@H](C)[C@@H](OC)[C@H]3OC)/C=C(C)/C=C/C(=O)[C@H](C)CC([C@@H](C=O)C1)[C@H](O[C@@H]1O[C@H](C)[C@@H](C)[C@H](N(C)C)[C@H]1C)[C@H]2C. The third-order valence-corrected chi connectivity index (χ3v) is 13.6. The van der Waals surface area contributed by atoms with Gasteiger partial charge in [-0.2, -0.15) is 0 Å². The molecule has 0 aliphatic carbocycles. The molecule has 4 heterocycles. The maximum atomic E-state index is 14.2. The number of rotatable bonds is 10. The number of esters is 1. The van der Waals surface area contributed by atoms with Crippen LogP contribution in [0.3, 0.4) is 0 Å². The second-order valence-corrected chi connectivity index (χ2v) is 18.0. The lowest BCUT2D eigenvalue weighted by molar-refractivity contribution is -0.292. The van der Waals surface area contributed by atoms with E-state index in [9.17, 15) is 14.4 Å². The Hall–Kier alpha value is -2.29. The summed E-state index contributed by atoms with van der Waals surface area (Å²) in [5, 5.41) is 0. The topological polar surface area (TPSA) is 128 Å². The van der Waals surface area contributed by atoms with E-state index in [1.165, 1.54) is 0 Å². The zero-order valence-electron chi connectivity index (χ0n) is 37.6. The van der Waals surface area contributed by atoms with Crippen LogP contribution in [0.4, 0.5) is 0 Å². The molecule has 0 aromatic heterocycles. The molecule has 0 saturated carbocycles. The number of hydrogen-bond donors (Lipinski definition) is 0. The summed E-state index contributed by atoms with van der Waals surface area (Å²) < 4.78 is 51.0. The van der Waals surface area contributed by atoms with Crippen LogP contribution < -0.4 is 0 Å². The number of cyclic esters (lactones) is 1. The van der Waals surface area contributed by atoms with Crippen molar-refractivity contribution in [3.05, 3.63) is 36.0 Å². The van der Waals surface area contributed by atoms with Crippen molar-refractivity contribution in [2.75, 3.05) is 41.5 Å². The lowest BCUT2D eigenvalue weighted by Gasteiger charge is -2.49. The lowest BCUT2D eigenvalue weighted by atomic mass is 9.73. The van der Waals surface area contributed by atoms with Crippen molar-refractivity contribution >= 4 is 18.0 Å². The number of carbonyl (C=O) groups excluding carboxylic acids is 3. The van der Waals surface area contributed by atoms with Crippen LogP contribution in [0.1, 0.15) is 88.0 Å². The van der Waals surface area contributed by atoms with Gasteiger partial charge in [0.2, 0.25) is 0 Å². The Morgan fingerprint density at radius 2 is 1.52 bits per heavy atom. The quantitative estimate of drug-likeness (QED) is 0.134. The summed E-state index contributed by atoms with van der Waals surface area (Å²) in [6, 6.07) is 0.177. The average molecular weight is 818 g/mol. The van der Waals surface area contributed by atoms with Crippen molar-refractivity contribution in [1.29, 1.82) is 0 Å². The van der Waals surface area contributed by atoms with Crippen LogP contribution >= 0.6 is 0 Å². The Morgan fingerprint density at radius 1 is 0.862 bits per heavy atom. The minimum Gasteiger partial charge on any atom is -0.462 e. The van der Waals surface area contributed by atoms with Gasteiger partial charge in [0.25, 0.3) is 0 Å². The molecule has 3 fully saturated rings. The lowest BCUT2D eigenvalue weighted by Crippen LogP contribution is -2.56. The second-order valence-electron chi connectivity index (χ2n) is 18.0. The molecule has 0 N–H and O–H groups in total. The third-order valence-electron chi connectivity index (χ3n) is 13.6. The Labute approximate surface area is 348 Å². The van der Waals surface area contributed by atoms with E-state index in [0.29, 0.717) is 19.3 Å². The van der Waals surface area contributed by atoms with Gasteiger partial charge < -0.3 is 47.6 Å². The highest BCUT2D eigenvalue weighted by molar-refractivity contribution is 5.91. The van der Waals surface area contributed by atoms with Gasteiger partial charge in [-0.1, -0.05) is 71.4 Å². The van der Waals surface area contributed by atoms with Gasteiger partial charge in [-0.25, -0.2) is 0 Å². The van der Waals surface area contributed by atoms with Crippen LogP contribution in [0.15, 0.2) is 36.0 Å². The molecular formula is C46H75NO11. The average Bonchev–Trinajstić information content (AvgIpc) is 3.22. The number of methoxy groups -OCH3 is 2. The van der Waals surface area contributed by atoms with Crippen molar-refractivity contribution < 1.29 is 52.3 Å². The fourth-order valence-corrected chi connectivity index (χ4v) is 9.80. The molecule has 12 nitrogen and oxygen atoms in total. The van der Waals surface area contributed by atoms with E-state index in [0.717, 1.165) is 17.4 Å². The van der Waals surface area contributed by atoms with Crippen molar-refractivity contribution in [3.63, 3.8) is 0 Å². The van der Waals surface area contributed by atoms with Crippen LogP contribution in [-0.4, -0.2) is 126 Å². The number of carbonyl (C=O) groups is 3. The molecule has 0 aromatic rings. The summed E-state index contributed by atoms with van der Waals surface area (Å²) in [6.07, 6.45) is 3.55. The molecule has 3 saturated heterocycles. The maximum Gasteiger partial charge on any atom is 0.308 e. The zero-order chi connectivity index (χ0) is 43.0. The number of hydrogen-bond acceptors (Lipinski definition) is 12. The predicted octanol–water partition coefficient (Wildman–Crippen LogP) is 6.60. The van der Waals surface area contributed by atoms with E-state index in [-0.39, 0.29) is 73.4 Å². The first-order chi connectivity index (χ1) is 27.4. The molecule has 1 unspecified atom stereocenters. The normalized spacial score (nSPS) is 44.1. The van der Waals surface area contributed by atoms with Crippen LogP contribution in [0.25, 0.3) is 0 Å². The summed E-state index contributed by atoms with van der Waals surface area (Å²) in [6.45, 7) is 22.9. The van der Waals surface area contributed by atoms with E-state index in [1.54, 1.807) is 26.4 Å². The van der Waals surface area contributed by atoms with Gasteiger partial charge in [0.05, 0.1) is 50.2 Å². The van der Waals surface area contributed by atoms with E-state index in [1.807, 2.05) is 40.7 Å². The van der Waals surface area contributed by atoms with Crippen LogP contribution in [0.5, 0.6) is 0 Å². The predicted molar refractivity (Wildman–Crippen MR) is 222 cm³/mol. The smallest absolute Gasteiger partial charge is 0.308 e. The molecule has 12 heteroatoms. The first kappa shape index (κ1) is 48.4. The van der Waals surface area contributed by atoms with E-state index >= 15 is 0 Å². The standard InChI is InChI=1S/C46H75NO11/c1-15-38-35(24-54-46-44(52-14)43(51-13)29(6)33(10)56-46)18-25(2)16-17-37(49)27(4)20-36-34(22-48)19-26(3)23-53-39(21-40(50)57-38)30(7)42(36)58-45-31(8)41(47(11)12)28(5)32(9)55-45/h16-18,22,27-36,38-39,41-46H,3,15,19-21,23-24H2,1-2,4-14H3/b17-16+,25-18+/t27-,28-,29-,30+,31-,32-,33-,34-,35-,36?,38-,39-,41+,42-,43-,44-,45+,46-/m1/s1. The molecule has 4 aliphatic rings. The molecule has 0 amide bonds. The Balaban J connectivity index is 1.74. The van der Waals surface area contributed by atoms with Crippen LogP contribution in [0, 0.1) is 47.3 Å². The number of aldehydes is 1. The van der Waals surface area contributed by atoms with Crippen LogP contribution in [-0.2, 0) is 52.3 Å². The molecule has 4 rings (SSSR count). The van der Waals surface area contributed by atoms with Crippen molar-refractivity contribution in [3.8, 4) is 0 Å². The number of nitrogens with zero attached hydrogens (tertiary/aromatic N) is 1. The van der Waals surface area contributed by atoms with Gasteiger partial charge in [-0.05, 0) is 72.0 Å². The molecule has 330 valence electrons. The number of fused-ring (bicyclic) bond motifs is 3. The molecular weight excluding hydrogens is 743 g/mol. The van der Waals surface area contributed by atoms with Crippen molar-refractivity contribution in [1.82, 2.24) is 4.90 Å². The Bertz CT molecular complexity index is 1430. The number of ketones is 1.